The van der Waals surface area contributed by atoms with Gasteiger partial charge < -0.3 is 10.2 Å². The van der Waals surface area contributed by atoms with Crippen LogP contribution in [-0.4, -0.2) is 29.5 Å². The third-order valence-corrected chi connectivity index (χ3v) is 3.00. The predicted octanol–water partition coefficient (Wildman–Crippen LogP) is 2.49. The number of carbonyl (C=O) groups is 1. The molecule has 0 unspecified atom stereocenters. The summed E-state index contributed by atoms with van der Waals surface area (Å²) in [4.78, 5) is 22.5. The van der Waals surface area contributed by atoms with Gasteiger partial charge in [0, 0.05) is 19.3 Å². The fourth-order valence-electron chi connectivity index (χ4n) is 1.95. The summed E-state index contributed by atoms with van der Waals surface area (Å²) in [5.74, 6) is 0.494. The quantitative estimate of drug-likeness (QED) is 0.927. The van der Waals surface area contributed by atoms with E-state index in [4.69, 9.17) is 0 Å². The van der Waals surface area contributed by atoms with E-state index < -0.39 is 0 Å². The summed E-state index contributed by atoms with van der Waals surface area (Å²) in [6.45, 7) is 4.52. The summed E-state index contributed by atoms with van der Waals surface area (Å²) in [5.41, 5.74) is 2.33. The van der Waals surface area contributed by atoms with Crippen LogP contribution < -0.4 is 10.2 Å². The Balaban J connectivity index is 2.28. The molecule has 0 saturated carbocycles. The second-order valence-electron chi connectivity index (χ2n) is 4.43. The van der Waals surface area contributed by atoms with Crippen LogP contribution in [0, 0.1) is 6.92 Å². The van der Waals surface area contributed by atoms with Crippen LogP contribution in [0.3, 0.4) is 0 Å². The lowest BCUT2D eigenvalue weighted by Crippen LogP contribution is -2.31. The van der Waals surface area contributed by atoms with Gasteiger partial charge in [0.2, 0.25) is 0 Å². The molecular weight excluding hydrogens is 252 g/mol. The monoisotopic (exact) mass is 270 g/mol. The van der Waals surface area contributed by atoms with Gasteiger partial charge in [-0.2, -0.15) is 0 Å². The Morgan fingerprint density at radius 2 is 2.10 bits per heavy atom. The number of carbonyl (C=O) groups excluding carboxylic acids is 1. The maximum Gasteiger partial charge on any atom is 0.278 e. The zero-order valence-corrected chi connectivity index (χ0v) is 11.9. The molecule has 0 aliphatic rings. The summed E-state index contributed by atoms with van der Waals surface area (Å²) in [5, 5.41) is 2.88. The molecule has 1 heterocycles. The Hall–Kier alpha value is -2.43. The topological polar surface area (TPSA) is 58.1 Å². The third-order valence-electron chi connectivity index (χ3n) is 3.00. The standard InChI is InChI=1S/C15H18N4O/c1-4-19(12-7-5-6-11(2)8-12)15(20)13-9-18-14(16-3)10-17-13/h5-10H,4H2,1-3H3,(H,16,18). The Morgan fingerprint density at radius 1 is 1.30 bits per heavy atom. The molecule has 0 bridgehead atoms. The molecule has 0 atom stereocenters. The Morgan fingerprint density at radius 3 is 2.65 bits per heavy atom. The summed E-state index contributed by atoms with van der Waals surface area (Å²) >= 11 is 0. The van der Waals surface area contributed by atoms with Crippen molar-refractivity contribution in [3.8, 4) is 0 Å². The van der Waals surface area contributed by atoms with E-state index in [9.17, 15) is 4.79 Å². The van der Waals surface area contributed by atoms with Gasteiger partial charge in [-0.05, 0) is 31.5 Å². The minimum atomic E-state index is -0.145. The second kappa shape index (κ2) is 6.14. The first kappa shape index (κ1) is 14.0. The van der Waals surface area contributed by atoms with E-state index in [0.717, 1.165) is 11.3 Å². The maximum absolute atomic E-state index is 12.5. The van der Waals surface area contributed by atoms with Crippen molar-refractivity contribution >= 4 is 17.4 Å². The smallest absolute Gasteiger partial charge is 0.278 e. The Labute approximate surface area is 118 Å². The van der Waals surface area contributed by atoms with Gasteiger partial charge in [0.25, 0.3) is 5.91 Å². The SMILES string of the molecule is CCN(C(=O)c1cnc(NC)cn1)c1cccc(C)c1. The number of nitrogens with one attached hydrogen (secondary N) is 1. The normalized spacial score (nSPS) is 10.2. The van der Waals surface area contributed by atoms with Crippen LogP contribution in [0.4, 0.5) is 11.5 Å². The molecule has 5 heteroatoms. The lowest BCUT2D eigenvalue weighted by atomic mass is 10.2. The number of aryl methyl sites for hydroxylation is 1. The summed E-state index contributed by atoms with van der Waals surface area (Å²) in [6, 6.07) is 7.85. The molecule has 0 saturated heterocycles. The van der Waals surface area contributed by atoms with Gasteiger partial charge >= 0.3 is 0 Å². The molecule has 0 radical (unpaired) electrons. The van der Waals surface area contributed by atoms with Gasteiger partial charge in [-0.1, -0.05) is 12.1 Å². The van der Waals surface area contributed by atoms with Crippen LogP contribution >= 0.6 is 0 Å². The Bertz CT molecular complexity index is 595. The van der Waals surface area contributed by atoms with Crippen molar-refractivity contribution in [2.45, 2.75) is 13.8 Å². The fourth-order valence-corrected chi connectivity index (χ4v) is 1.95. The highest BCUT2D eigenvalue weighted by atomic mass is 16.2. The molecular formula is C15H18N4O. The first-order valence-electron chi connectivity index (χ1n) is 6.54. The van der Waals surface area contributed by atoms with E-state index in [1.54, 1.807) is 18.1 Å². The zero-order valence-electron chi connectivity index (χ0n) is 11.9. The molecule has 0 fully saturated rings. The molecule has 1 aromatic heterocycles. The van der Waals surface area contributed by atoms with E-state index in [1.165, 1.54) is 6.20 Å². The first-order chi connectivity index (χ1) is 9.65. The molecule has 1 amide bonds. The largest absolute Gasteiger partial charge is 0.372 e. The minimum absolute atomic E-state index is 0.145. The van der Waals surface area contributed by atoms with Crippen molar-refractivity contribution in [3.63, 3.8) is 0 Å². The molecule has 1 N–H and O–H groups in total. The number of anilines is 2. The molecule has 0 aliphatic heterocycles. The summed E-state index contributed by atoms with van der Waals surface area (Å²) in [6.07, 6.45) is 3.05. The van der Waals surface area contributed by atoms with E-state index in [0.29, 0.717) is 18.1 Å². The number of hydrogen-bond acceptors (Lipinski definition) is 4. The minimum Gasteiger partial charge on any atom is -0.372 e. The van der Waals surface area contributed by atoms with Crippen molar-refractivity contribution in [3.05, 3.63) is 47.9 Å². The third kappa shape index (κ3) is 2.93. The fraction of sp³-hybridized carbons (Fsp3) is 0.267. The number of benzene rings is 1. The van der Waals surface area contributed by atoms with E-state index in [-0.39, 0.29) is 5.91 Å². The lowest BCUT2D eigenvalue weighted by molar-refractivity contribution is 0.0983. The molecule has 20 heavy (non-hydrogen) atoms. The number of aromatic nitrogens is 2. The van der Waals surface area contributed by atoms with Crippen LogP contribution in [0.5, 0.6) is 0 Å². The van der Waals surface area contributed by atoms with E-state index in [1.807, 2.05) is 38.1 Å². The van der Waals surface area contributed by atoms with Gasteiger partial charge in [-0.25, -0.2) is 9.97 Å². The number of nitrogens with zero attached hydrogens (tertiary/aromatic N) is 3. The molecule has 5 nitrogen and oxygen atoms in total. The highest BCUT2D eigenvalue weighted by Crippen LogP contribution is 2.17. The zero-order chi connectivity index (χ0) is 14.5. The van der Waals surface area contributed by atoms with Gasteiger partial charge in [-0.3, -0.25) is 4.79 Å². The summed E-state index contributed by atoms with van der Waals surface area (Å²) in [7, 11) is 1.76. The summed E-state index contributed by atoms with van der Waals surface area (Å²) < 4.78 is 0. The average Bonchev–Trinajstić information content (AvgIpc) is 2.48. The Kier molecular flexibility index (Phi) is 4.30. The van der Waals surface area contributed by atoms with E-state index in [2.05, 4.69) is 15.3 Å². The van der Waals surface area contributed by atoms with Gasteiger partial charge in [0.15, 0.2) is 0 Å². The number of rotatable bonds is 4. The van der Waals surface area contributed by atoms with Gasteiger partial charge in [-0.15, -0.1) is 0 Å². The van der Waals surface area contributed by atoms with E-state index >= 15 is 0 Å². The average molecular weight is 270 g/mol. The molecule has 2 rings (SSSR count). The molecule has 1 aromatic carbocycles. The van der Waals surface area contributed by atoms with Crippen LogP contribution in [0.1, 0.15) is 23.0 Å². The highest BCUT2D eigenvalue weighted by molar-refractivity contribution is 6.04. The van der Waals surface area contributed by atoms with Gasteiger partial charge in [0.1, 0.15) is 11.5 Å². The van der Waals surface area contributed by atoms with Crippen molar-refractivity contribution in [1.82, 2.24) is 9.97 Å². The van der Waals surface area contributed by atoms with Gasteiger partial charge in [0.05, 0.1) is 12.4 Å². The van der Waals surface area contributed by atoms with Crippen LogP contribution in [0.25, 0.3) is 0 Å². The predicted molar refractivity (Wildman–Crippen MR) is 80.1 cm³/mol. The molecule has 104 valence electrons. The number of amides is 1. The van der Waals surface area contributed by atoms with Crippen molar-refractivity contribution in [2.24, 2.45) is 0 Å². The first-order valence-corrected chi connectivity index (χ1v) is 6.54. The lowest BCUT2D eigenvalue weighted by Gasteiger charge is -2.21. The van der Waals surface area contributed by atoms with Crippen LogP contribution in [0.2, 0.25) is 0 Å². The van der Waals surface area contributed by atoms with Crippen LogP contribution in [-0.2, 0) is 0 Å². The number of hydrogen-bond donors (Lipinski definition) is 1. The molecule has 2 aromatic rings. The van der Waals surface area contributed by atoms with Crippen molar-refractivity contribution in [2.75, 3.05) is 23.8 Å². The van der Waals surface area contributed by atoms with Crippen molar-refractivity contribution in [1.29, 1.82) is 0 Å². The second-order valence-corrected chi connectivity index (χ2v) is 4.43. The highest BCUT2D eigenvalue weighted by Gasteiger charge is 2.17. The maximum atomic E-state index is 12.5. The molecule has 0 aliphatic carbocycles. The molecule has 0 spiro atoms. The van der Waals surface area contributed by atoms with Crippen LogP contribution in [0.15, 0.2) is 36.7 Å². The van der Waals surface area contributed by atoms with Crippen molar-refractivity contribution < 1.29 is 4.79 Å².